The predicted octanol–water partition coefficient (Wildman–Crippen LogP) is -0.873. The third-order valence-electron chi connectivity index (χ3n) is 1.60. The molecule has 1 aromatic rings. The van der Waals surface area contributed by atoms with E-state index in [1.54, 1.807) is 0 Å². The Balaban J connectivity index is 2.99. The first-order chi connectivity index (χ1) is 8.20. The van der Waals surface area contributed by atoms with E-state index in [0.29, 0.717) is 0 Å². The van der Waals surface area contributed by atoms with Gasteiger partial charge < -0.3 is 19.7 Å². The Bertz CT molecular complexity index is 359. The Morgan fingerprint density at radius 2 is 1.65 bits per heavy atom. The van der Waals surface area contributed by atoms with Gasteiger partial charge in [-0.3, -0.25) is 10.1 Å². The fourth-order valence-electron chi connectivity index (χ4n) is 1.000. The Morgan fingerprint density at radius 3 is 2.00 bits per heavy atom. The van der Waals surface area contributed by atoms with Crippen molar-refractivity contribution in [3.05, 3.63) is 16.4 Å². The minimum atomic E-state index is -0.751. The van der Waals surface area contributed by atoms with Crippen LogP contribution >= 0.6 is 0 Å². The Hall–Kier alpha value is -2.00. The monoisotopic (exact) mass is 245 g/mol. The molecule has 9 nitrogen and oxygen atoms in total. The van der Waals surface area contributed by atoms with Gasteiger partial charge in [0.2, 0.25) is 0 Å². The normalized spacial score (nSPS) is 10.0. The van der Waals surface area contributed by atoms with Crippen LogP contribution < -0.4 is 9.47 Å². The molecule has 0 fully saturated rings. The van der Waals surface area contributed by atoms with E-state index in [9.17, 15) is 10.1 Å². The zero-order valence-corrected chi connectivity index (χ0v) is 8.77. The molecule has 94 valence electrons. The SMILES string of the molecule is O=[N+]([O-])c1c(OCCO)ncnc1OCCO. The first kappa shape index (κ1) is 13.1. The maximum atomic E-state index is 10.8. The lowest BCUT2D eigenvalue weighted by Gasteiger charge is -2.07. The Kier molecular flexibility index (Phi) is 5.04. The maximum absolute atomic E-state index is 10.8. The summed E-state index contributed by atoms with van der Waals surface area (Å²) in [5.41, 5.74) is -0.533. The standard InChI is InChI=1S/C8H11N3O6/c12-1-3-16-7-6(11(14)15)8(10-5-9-7)17-4-2-13/h5,12-13H,1-4H2. The number of ether oxygens (including phenoxy) is 2. The van der Waals surface area contributed by atoms with E-state index in [1.165, 1.54) is 0 Å². The predicted molar refractivity (Wildman–Crippen MR) is 53.8 cm³/mol. The topological polar surface area (TPSA) is 128 Å². The summed E-state index contributed by atoms with van der Waals surface area (Å²) in [7, 11) is 0. The largest absolute Gasteiger partial charge is 0.470 e. The number of hydrogen-bond donors (Lipinski definition) is 2. The molecular weight excluding hydrogens is 234 g/mol. The molecule has 0 radical (unpaired) electrons. The number of nitrogens with zero attached hydrogens (tertiary/aromatic N) is 3. The quantitative estimate of drug-likeness (QED) is 0.468. The summed E-state index contributed by atoms with van der Waals surface area (Å²) in [6, 6.07) is 0. The minimum Gasteiger partial charge on any atom is -0.470 e. The van der Waals surface area contributed by atoms with Gasteiger partial charge in [-0.25, -0.2) is 0 Å². The van der Waals surface area contributed by atoms with Gasteiger partial charge in [0, 0.05) is 0 Å². The second-order valence-electron chi connectivity index (χ2n) is 2.73. The van der Waals surface area contributed by atoms with Crippen molar-refractivity contribution >= 4 is 5.69 Å². The third-order valence-corrected chi connectivity index (χ3v) is 1.60. The van der Waals surface area contributed by atoms with Crippen molar-refractivity contribution in [3.63, 3.8) is 0 Å². The average Bonchev–Trinajstić information content (AvgIpc) is 2.33. The summed E-state index contributed by atoms with van der Waals surface area (Å²) in [4.78, 5) is 17.2. The number of rotatable bonds is 7. The number of aromatic nitrogens is 2. The van der Waals surface area contributed by atoms with Gasteiger partial charge >= 0.3 is 17.4 Å². The van der Waals surface area contributed by atoms with Crippen molar-refractivity contribution in [3.8, 4) is 11.8 Å². The summed E-state index contributed by atoms with van der Waals surface area (Å²) in [5.74, 6) is -0.570. The number of aliphatic hydroxyl groups is 2. The minimum absolute atomic E-state index is 0.128. The summed E-state index contributed by atoms with van der Waals surface area (Å²) in [5, 5.41) is 27.9. The van der Waals surface area contributed by atoms with Crippen LogP contribution in [-0.2, 0) is 0 Å². The van der Waals surface area contributed by atoms with E-state index in [-0.39, 0.29) is 38.2 Å². The van der Waals surface area contributed by atoms with E-state index in [0.717, 1.165) is 6.33 Å². The molecule has 9 heteroatoms. The van der Waals surface area contributed by atoms with Crippen LogP contribution in [0.15, 0.2) is 6.33 Å². The van der Waals surface area contributed by atoms with E-state index in [2.05, 4.69) is 9.97 Å². The van der Waals surface area contributed by atoms with Crippen LogP contribution in [0.4, 0.5) is 5.69 Å². The lowest BCUT2D eigenvalue weighted by Crippen LogP contribution is -2.09. The molecule has 0 aliphatic heterocycles. The second-order valence-corrected chi connectivity index (χ2v) is 2.73. The van der Waals surface area contributed by atoms with E-state index >= 15 is 0 Å². The van der Waals surface area contributed by atoms with Gasteiger partial charge in [-0.15, -0.1) is 0 Å². The van der Waals surface area contributed by atoms with Crippen molar-refractivity contribution in [2.45, 2.75) is 0 Å². The zero-order valence-electron chi connectivity index (χ0n) is 8.77. The molecule has 1 aromatic heterocycles. The Labute approximate surface area is 95.8 Å². The highest BCUT2D eigenvalue weighted by molar-refractivity contribution is 5.49. The summed E-state index contributed by atoms with van der Waals surface area (Å²) in [6.07, 6.45) is 1.03. The van der Waals surface area contributed by atoms with Crippen molar-refractivity contribution in [2.75, 3.05) is 26.4 Å². The van der Waals surface area contributed by atoms with Crippen molar-refractivity contribution in [1.82, 2.24) is 9.97 Å². The summed E-state index contributed by atoms with van der Waals surface area (Å²) < 4.78 is 9.77. The summed E-state index contributed by atoms with van der Waals surface area (Å²) in [6.45, 7) is -0.851. The average molecular weight is 245 g/mol. The third kappa shape index (κ3) is 3.50. The van der Waals surface area contributed by atoms with Crippen LogP contribution in [0.2, 0.25) is 0 Å². The molecule has 0 aliphatic carbocycles. The Morgan fingerprint density at radius 1 is 1.18 bits per heavy atom. The van der Waals surface area contributed by atoms with Crippen LogP contribution in [0.3, 0.4) is 0 Å². The molecule has 0 aromatic carbocycles. The van der Waals surface area contributed by atoms with Crippen molar-refractivity contribution in [2.24, 2.45) is 0 Å². The van der Waals surface area contributed by atoms with Crippen LogP contribution in [0.25, 0.3) is 0 Å². The van der Waals surface area contributed by atoms with Crippen molar-refractivity contribution < 1.29 is 24.6 Å². The highest BCUT2D eigenvalue weighted by Crippen LogP contribution is 2.32. The van der Waals surface area contributed by atoms with Crippen molar-refractivity contribution in [1.29, 1.82) is 0 Å². The molecule has 17 heavy (non-hydrogen) atoms. The molecule has 2 N–H and O–H groups in total. The second kappa shape index (κ2) is 6.55. The first-order valence-corrected chi connectivity index (χ1v) is 4.67. The van der Waals surface area contributed by atoms with E-state index in [4.69, 9.17) is 19.7 Å². The summed E-state index contributed by atoms with van der Waals surface area (Å²) >= 11 is 0. The van der Waals surface area contributed by atoms with Gasteiger partial charge in [0.25, 0.3) is 0 Å². The number of nitro groups is 1. The van der Waals surface area contributed by atoms with Gasteiger partial charge in [0.1, 0.15) is 19.5 Å². The molecule has 0 bridgehead atoms. The van der Waals surface area contributed by atoms with E-state index in [1.807, 2.05) is 0 Å². The van der Waals surface area contributed by atoms with E-state index < -0.39 is 10.6 Å². The van der Waals surface area contributed by atoms with Crippen LogP contribution in [0.5, 0.6) is 11.8 Å². The van der Waals surface area contributed by atoms with Gasteiger partial charge in [0.05, 0.1) is 18.1 Å². The molecule has 1 heterocycles. The molecule has 0 saturated carbocycles. The lowest BCUT2D eigenvalue weighted by atomic mass is 10.5. The lowest BCUT2D eigenvalue weighted by molar-refractivity contribution is -0.387. The highest BCUT2D eigenvalue weighted by Gasteiger charge is 2.25. The molecule has 0 saturated heterocycles. The number of aliphatic hydroxyl groups excluding tert-OH is 2. The molecule has 0 amide bonds. The van der Waals surface area contributed by atoms with Crippen LogP contribution in [0, 0.1) is 10.1 Å². The fraction of sp³-hybridized carbons (Fsp3) is 0.500. The first-order valence-electron chi connectivity index (χ1n) is 4.67. The molecule has 1 rings (SSSR count). The molecule has 0 atom stereocenters. The van der Waals surface area contributed by atoms with Crippen LogP contribution in [-0.4, -0.2) is 51.5 Å². The van der Waals surface area contributed by atoms with Crippen LogP contribution in [0.1, 0.15) is 0 Å². The molecule has 0 unspecified atom stereocenters. The zero-order chi connectivity index (χ0) is 12.7. The smallest absolute Gasteiger partial charge is 0.392 e. The fourth-order valence-corrected chi connectivity index (χ4v) is 1.000. The molecule has 0 spiro atoms. The van der Waals surface area contributed by atoms with Gasteiger partial charge in [0.15, 0.2) is 0 Å². The van der Waals surface area contributed by atoms with Gasteiger partial charge in [-0.2, -0.15) is 9.97 Å². The van der Waals surface area contributed by atoms with Gasteiger partial charge in [-0.1, -0.05) is 0 Å². The maximum Gasteiger partial charge on any atom is 0.392 e. The highest BCUT2D eigenvalue weighted by atomic mass is 16.6. The molecular formula is C8H11N3O6. The number of hydrogen-bond acceptors (Lipinski definition) is 8. The molecule has 0 aliphatic rings. The van der Waals surface area contributed by atoms with Gasteiger partial charge in [-0.05, 0) is 0 Å².